The number of nitrogens with one attached hydrogen (secondary N) is 2. The van der Waals surface area contributed by atoms with E-state index in [4.69, 9.17) is 0 Å². The summed E-state index contributed by atoms with van der Waals surface area (Å²) in [5.74, 6) is 0.329. The summed E-state index contributed by atoms with van der Waals surface area (Å²) in [6, 6.07) is 1.83. The fourth-order valence-electron chi connectivity index (χ4n) is 2.02. The minimum Gasteiger partial charge on any atom is -0.363 e. The molecule has 1 aromatic heterocycles. The molecular weight excluding hydrogens is 300 g/mol. The predicted molar refractivity (Wildman–Crippen MR) is 72.7 cm³/mol. The van der Waals surface area contributed by atoms with Crippen LogP contribution in [0.2, 0.25) is 0 Å². The van der Waals surface area contributed by atoms with Gasteiger partial charge in [0.1, 0.15) is 0 Å². The van der Waals surface area contributed by atoms with Crippen molar-refractivity contribution in [3.05, 3.63) is 26.9 Å². The summed E-state index contributed by atoms with van der Waals surface area (Å²) in [6.45, 7) is 1.68. The van der Waals surface area contributed by atoms with Crippen LogP contribution in [0.4, 0.5) is 11.5 Å². The summed E-state index contributed by atoms with van der Waals surface area (Å²) in [6.07, 6.45) is 5.06. The van der Waals surface area contributed by atoms with Gasteiger partial charge in [-0.1, -0.05) is 6.42 Å². The Bertz CT molecular complexity index is 435. The normalized spacial score (nSPS) is 19.5. The molecular formula is C11H15BrN4O2. The van der Waals surface area contributed by atoms with E-state index in [2.05, 4.69) is 31.5 Å². The van der Waals surface area contributed by atoms with Gasteiger partial charge in [0.2, 0.25) is 5.82 Å². The number of piperidine rings is 1. The number of nitrogens with zero attached hydrogens (tertiary/aromatic N) is 2. The third-order valence-electron chi connectivity index (χ3n) is 2.96. The highest BCUT2D eigenvalue weighted by Gasteiger charge is 2.18. The Morgan fingerprint density at radius 3 is 3.11 bits per heavy atom. The Labute approximate surface area is 113 Å². The molecule has 1 atom stereocenters. The molecule has 0 bridgehead atoms. The molecule has 1 unspecified atom stereocenters. The molecule has 2 rings (SSSR count). The lowest BCUT2D eigenvalue weighted by Gasteiger charge is -2.23. The van der Waals surface area contributed by atoms with Gasteiger partial charge in [-0.15, -0.1) is 0 Å². The zero-order valence-corrected chi connectivity index (χ0v) is 11.4. The molecule has 0 amide bonds. The summed E-state index contributed by atoms with van der Waals surface area (Å²) in [4.78, 5) is 14.5. The van der Waals surface area contributed by atoms with Crippen LogP contribution in [0.5, 0.6) is 0 Å². The van der Waals surface area contributed by atoms with E-state index in [1.165, 1.54) is 18.9 Å². The second-order valence-electron chi connectivity index (χ2n) is 4.31. The van der Waals surface area contributed by atoms with Crippen molar-refractivity contribution in [2.45, 2.75) is 25.3 Å². The Morgan fingerprint density at radius 1 is 1.61 bits per heavy atom. The first-order valence-electron chi connectivity index (χ1n) is 5.94. The van der Waals surface area contributed by atoms with E-state index in [9.17, 15) is 10.1 Å². The number of anilines is 1. The molecule has 1 aromatic rings. The number of aromatic nitrogens is 1. The molecule has 0 saturated carbocycles. The van der Waals surface area contributed by atoms with Crippen LogP contribution in [0.1, 0.15) is 19.3 Å². The van der Waals surface area contributed by atoms with Gasteiger partial charge in [-0.3, -0.25) is 10.1 Å². The predicted octanol–water partition coefficient (Wildman–Crippen LogP) is 2.31. The van der Waals surface area contributed by atoms with E-state index in [1.54, 1.807) is 6.20 Å². The van der Waals surface area contributed by atoms with Crippen LogP contribution in [-0.4, -0.2) is 29.0 Å². The summed E-state index contributed by atoms with van der Waals surface area (Å²) in [5, 5.41) is 17.3. The lowest BCUT2D eigenvalue weighted by molar-refractivity contribution is -0.384. The first-order chi connectivity index (χ1) is 8.66. The molecule has 1 aliphatic rings. The highest BCUT2D eigenvalue weighted by atomic mass is 79.9. The smallest absolute Gasteiger partial charge is 0.312 e. The van der Waals surface area contributed by atoms with Gasteiger partial charge < -0.3 is 10.6 Å². The molecule has 6 nitrogen and oxygen atoms in total. The van der Waals surface area contributed by atoms with E-state index in [-0.39, 0.29) is 5.69 Å². The number of rotatable bonds is 4. The SMILES string of the molecule is O=[N+]([O-])c1cc(Br)cnc1NCC1CCCCN1. The quantitative estimate of drug-likeness (QED) is 0.658. The van der Waals surface area contributed by atoms with Crippen LogP contribution < -0.4 is 10.6 Å². The Balaban J connectivity index is 2.01. The van der Waals surface area contributed by atoms with Crippen molar-refractivity contribution in [3.63, 3.8) is 0 Å². The minimum atomic E-state index is -0.422. The first kappa shape index (κ1) is 13.2. The van der Waals surface area contributed by atoms with Crippen LogP contribution in [0.25, 0.3) is 0 Å². The van der Waals surface area contributed by atoms with Crippen LogP contribution in [-0.2, 0) is 0 Å². The molecule has 0 radical (unpaired) electrons. The van der Waals surface area contributed by atoms with Crippen molar-refractivity contribution < 1.29 is 4.92 Å². The van der Waals surface area contributed by atoms with Crippen molar-refractivity contribution in [1.29, 1.82) is 0 Å². The Kier molecular flexibility index (Phi) is 4.48. The highest BCUT2D eigenvalue weighted by Crippen LogP contribution is 2.25. The van der Waals surface area contributed by atoms with Gasteiger partial charge in [0.05, 0.1) is 4.92 Å². The van der Waals surface area contributed by atoms with Crippen molar-refractivity contribution in [1.82, 2.24) is 10.3 Å². The lowest BCUT2D eigenvalue weighted by Crippen LogP contribution is -2.39. The first-order valence-corrected chi connectivity index (χ1v) is 6.73. The van der Waals surface area contributed by atoms with Gasteiger partial charge in [0, 0.05) is 29.3 Å². The summed E-state index contributed by atoms with van der Waals surface area (Å²) in [5.41, 5.74) is 0.000171. The second kappa shape index (κ2) is 6.10. The van der Waals surface area contributed by atoms with Gasteiger partial charge in [0.25, 0.3) is 0 Å². The van der Waals surface area contributed by atoms with E-state index in [0.717, 1.165) is 13.0 Å². The largest absolute Gasteiger partial charge is 0.363 e. The molecule has 98 valence electrons. The van der Waals surface area contributed by atoms with Crippen LogP contribution in [0.3, 0.4) is 0 Å². The molecule has 2 heterocycles. The van der Waals surface area contributed by atoms with Gasteiger partial charge in [-0.2, -0.15) is 0 Å². The molecule has 1 fully saturated rings. The van der Waals surface area contributed by atoms with Crippen molar-refractivity contribution in [2.24, 2.45) is 0 Å². The van der Waals surface area contributed by atoms with Crippen LogP contribution in [0, 0.1) is 10.1 Å². The molecule has 1 aliphatic heterocycles. The standard InChI is InChI=1S/C11H15BrN4O2/c12-8-5-10(16(17)18)11(14-6-8)15-7-9-3-1-2-4-13-9/h5-6,9,13H,1-4,7H2,(H,14,15). The summed E-state index contributed by atoms with van der Waals surface area (Å²) in [7, 11) is 0. The lowest BCUT2D eigenvalue weighted by atomic mass is 10.1. The number of hydrogen-bond donors (Lipinski definition) is 2. The van der Waals surface area contributed by atoms with E-state index < -0.39 is 4.92 Å². The topological polar surface area (TPSA) is 80.1 Å². The summed E-state index contributed by atoms with van der Waals surface area (Å²) < 4.78 is 0.607. The number of pyridine rings is 1. The number of hydrogen-bond acceptors (Lipinski definition) is 5. The van der Waals surface area contributed by atoms with Gasteiger partial charge in [-0.05, 0) is 35.3 Å². The maximum atomic E-state index is 10.9. The maximum absolute atomic E-state index is 10.9. The minimum absolute atomic E-state index is 0.000171. The molecule has 0 aromatic carbocycles. The zero-order chi connectivity index (χ0) is 13.0. The Morgan fingerprint density at radius 2 is 2.44 bits per heavy atom. The maximum Gasteiger partial charge on any atom is 0.312 e. The van der Waals surface area contributed by atoms with Gasteiger partial charge >= 0.3 is 5.69 Å². The van der Waals surface area contributed by atoms with E-state index >= 15 is 0 Å². The number of nitro groups is 1. The molecule has 0 aliphatic carbocycles. The van der Waals surface area contributed by atoms with Gasteiger partial charge in [-0.25, -0.2) is 4.98 Å². The Hall–Kier alpha value is -1.21. The second-order valence-corrected chi connectivity index (χ2v) is 5.22. The van der Waals surface area contributed by atoms with Crippen molar-refractivity contribution >= 4 is 27.4 Å². The fourth-order valence-corrected chi connectivity index (χ4v) is 2.34. The highest BCUT2D eigenvalue weighted by molar-refractivity contribution is 9.10. The monoisotopic (exact) mass is 314 g/mol. The molecule has 0 spiro atoms. The van der Waals surface area contributed by atoms with Gasteiger partial charge in [0.15, 0.2) is 0 Å². The molecule has 7 heteroatoms. The number of halogens is 1. The average Bonchev–Trinajstić information content (AvgIpc) is 2.38. The van der Waals surface area contributed by atoms with Crippen molar-refractivity contribution in [3.8, 4) is 0 Å². The third-order valence-corrected chi connectivity index (χ3v) is 3.39. The van der Waals surface area contributed by atoms with Crippen LogP contribution >= 0.6 is 15.9 Å². The average molecular weight is 315 g/mol. The fraction of sp³-hybridized carbons (Fsp3) is 0.545. The summed E-state index contributed by atoms with van der Waals surface area (Å²) >= 11 is 3.19. The zero-order valence-electron chi connectivity index (χ0n) is 9.86. The molecule has 2 N–H and O–H groups in total. The van der Waals surface area contributed by atoms with E-state index in [1.807, 2.05) is 0 Å². The molecule has 1 saturated heterocycles. The van der Waals surface area contributed by atoms with E-state index in [0.29, 0.717) is 22.9 Å². The third kappa shape index (κ3) is 3.39. The molecule has 18 heavy (non-hydrogen) atoms. The van der Waals surface area contributed by atoms with Crippen molar-refractivity contribution in [2.75, 3.05) is 18.4 Å². The van der Waals surface area contributed by atoms with Crippen LogP contribution in [0.15, 0.2) is 16.7 Å².